The molecule has 0 aromatic heterocycles. The first-order valence-corrected chi connectivity index (χ1v) is 11.9. The molecule has 0 spiro atoms. The second-order valence-corrected chi connectivity index (χ2v) is 10.4. The van der Waals surface area contributed by atoms with Crippen molar-refractivity contribution in [2.24, 2.45) is 4.99 Å². The minimum Gasteiger partial charge on any atom is -0.379 e. The number of guanidine groups is 1. The molecule has 2 aliphatic heterocycles. The summed E-state index contributed by atoms with van der Waals surface area (Å²) in [7, 11) is -1.49. The van der Waals surface area contributed by atoms with Gasteiger partial charge in [-0.1, -0.05) is 0 Å². The summed E-state index contributed by atoms with van der Waals surface area (Å²) in [5.74, 6) is 2.49. The van der Waals surface area contributed by atoms with Crippen molar-refractivity contribution in [1.29, 1.82) is 0 Å². The molecule has 0 aromatic rings. The summed E-state index contributed by atoms with van der Waals surface area (Å²) < 4.78 is 31.8. The van der Waals surface area contributed by atoms with Crippen molar-refractivity contribution in [3.8, 4) is 0 Å². The number of nitrogens with one attached hydrogen (secondary N) is 2. The van der Waals surface area contributed by atoms with E-state index in [0.717, 1.165) is 44.4 Å². The molecule has 2 N–H and O–H groups in total. The van der Waals surface area contributed by atoms with Crippen LogP contribution in [-0.2, 0) is 14.8 Å². The predicted molar refractivity (Wildman–Crippen MR) is 124 cm³/mol. The van der Waals surface area contributed by atoms with Crippen LogP contribution in [0.15, 0.2) is 4.99 Å². The Labute approximate surface area is 185 Å². The van der Waals surface area contributed by atoms with Crippen molar-refractivity contribution >= 4 is 51.7 Å². The Morgan fingerprint density at radius 2 is 1.78 bits per heavy atom. The van der Waals surface area contributed by atoms with Gasteiger partial charge >= 0.3 is 0 Å². The third-order valence-corrected chi connectivity index (χ3v) is 7.61. The number of ether oxygens (including phenoxy) is 1. The molecule has 0 bridgehead atoms. The fraction of sp³-hybridized carbons (Fsp3) is 0.938. The summed E-state index contributed by atoms with van der Waals surface area (Å²) in [5.41, 5.74) is -0.0288. The molecule has 11 heteroatoms. The number of hydrogen-bond donors (Lipinski definition) is 2. The van der Waals surface area contributed by atoms with E-state index in [0.29, 0.717) is 25.6 Å². The van der Waals surface area contributed by atoms with E-state index in [-0.39, 0.29) is 35.3 Å². The van der Waals surface area contributed by atoms with E-state index in [4.69, 9.17) is 4.74 Å². The van der Waals surface area contributed by atoms with Crippen LogP contribution < -0.4 is 10.6 Å². The summed E-state index contributed by atoms with van der Waals surface area (Å²) in [6.07, 6.45) is 0. The SMILES string of the molecule is CN=C(NCCS(=O)(=O)N1CCSCC1)NCC(C)(C)N1CCOCC1.I. The van der Waals surface area contributed by atoms with E-state index >= 15 is 0 Å². The van der Waals surface area contributed by atoms with Crippen molar-refractivity contribution in [2.75, 3.05) is 76.8 Å². The number of rotatable bonds is 7. The number of thioether (sulfide) groups is 1. The van der Waals surface area contributed by atoms with Crippen LogP contribution in [0.3, 0.4) is 0 Å². The Morgan fingerprint density at radius 1 is 1.15 bits per heavy atom. The average Bonchev–Trinajstić information content (AvgIpc) is 2.66. The normalized spacial score (nSPS) is 20.8. The highest BCUT2D eigenvalue weighted by Crippen LogP contribution is 2.15. The van der Waals surface area contributed by atoms with Gasteiger partial charge < -0.3 is 15.4 Å². The van der Waals surface area contributed by atoms with E-state index in [1.165, 1.54) is 0 Å². The zero-order valence-corrected chi connectivity index (χ0v) is 20.5. The fourth-order valence-corrected chi connectivity index (χ4v) is 5.54. The smallest absolute Gasteiger partial charge is 0.215 e. The maximum Gasteiger partial charge on any atom is 0.215 e. The van der Waals surface area contributed by atoms with E-state index < -0.39 is 10.0 Å². The Balaban J connectivity index is 0.00000364. The summed E-state index contributed by atoms with van der Waals surface area (Å²) in [4.78, 5) is 6.61. The van der Waals surface area contributed by atoms with E-state index in [1.54, 1.807) is 23.1 Å². The highest BCUT2D eigenvalue weighted by Gasteiger charge is 2.28. The van der Waals surface area contributed by atoms with Crippen molar-refractivity contribution < 1.29 is 13.2 Å². The van der Waals surface area contributed by atoms with Crippen LogP contribution in [0.2, 0.25) is 0 Å². The molecule has 2 rings (SSSR count). The van der Waals surface area contributed by atoms with Crippen LogP contribution in [0.4, 0.5) is 0 Å². The van der Waals surface area contributed by atoms with Crippen LogP contribution >= 0.6 is 35.7 Å². The Bertz CT molecular complexity index is 562. The lowest BCUT2D eigenvalue weighted by molar-refractivity contribution is -0.00833. The highest BCUT2D eigenvalue weighted by atomic mass is 127. The molecular formula is C16H34IN5O3S2. The van der Waals surface area contributed by atoms with Crippen LogP contribution in [-0.4, -0.2) is 106 Å². The average molecular weight is 536 g/mol. The van der Waals surface area contributed by atoms with E-state index in [9.17, 15) is 8.42 Å². The summed E-state index contributed by atoms with van der Waals surface area (Å²) in [5, 5.41) is 6.44. The van der Waals surface area contributed by atoms with Crippen LogP contribution in [0.5, 0.6) is 0 Å². The maximum absolute atomic E-state index is 12.4. The number of hydrogen-bond acceptors (Lipinski definition) is 6. The molecule has 0 aliphatic carbocycles. The molecule has 0 atom stereocenters. The number of sulfonamides is 1. The molecule has 0 saturated carbocycles. The van der Waals surface area contributed by atoms with Gasteiger partial charge in [0.15, 0.2) is 5.96 Å². The summed E-state index contributed by atoms with van der Waals surface area (Å²) >= 11 is 1.80. The third-order valence-electron chi connectivity index (χ3n) is 4.80. The molecule has 2 saturated heterocycles. The summed E-state index contributed by atoms with van der Waals surface area (Å²) in [6, 6.07) is 0. The zero-order valence-electron chi connectivity index (χ0n) is 16.6. The molecule has 0 amide bonds. The molecule has 8 nitrogen and oxygen atoms in total. The second kappa shape index (κ2) is 12.0. The molecule has 0 unspecified atom stereocenters. The molecule has 2 aliphatic rings. The van der Waals surface area contributed by atoms with Gasteiger partial charge in [0.2, 0.25) is 10.0 Å². The number of halogens is 1. The molecule has 0 radical (unpaired) electrons. The van der Waals surface area contributed by atoms with Crippen molar-refractivity contribution in [1.82, 2.24) is 19.8 Å². The Kier molecular flexibility index (Phi) is 11.2. The fourth-order valence-electron chi connectivity index (χ4n) is 3.05. The topological polar surface area (TPSA) is 86.3 Å². The predicted octanol–water partition coefficient (Wildman–Crippen LogP) is 0.259. The van der Waals surface area contributed by atoms with Crippen molar-refractivity contribution in [2.45, 2.75) is 19.4 Å². The number of morpholine rings is 1. The molecule has 2 fully saturated rings. The highest BCUT2D eigenvalue weighted by molar-refractivity contribution is 14.0. The van der Waals surface area contributed by atoms with Crippen LogP contribution in [0.1, 0.15) is 13.8 Å². The largest absolute Gasteiger partial charge is 0.379 e. The number of aliphatic imine (C=N–C) groups is 1. The van der Waals surface area contributed by atoms with Gasteiger partial charge in [-0.3, -0.25) is 9.89 Å². The lowest BCUT2D eigenvalue weighted by Gasteiger charge is -2.41. The third kappa shape index (κ3) is 8.21. The minimum atomic E-state index is -3.20. The molecule has 0 aromatic carbocycles. The van der Waals surface area contributed by atoms with Gasteiger partial charge in [0.1, 0.15) is 0 Å². The minimum absolute atomic E-state index is 0. The van der Waals surface area contributed by atoms with E-state index in [2.05, 4.69) is 34.4 Å². The van der Waals surface area contributed by atoms with Crippen LogP contribution in [0, 0.1) is 0 Å². The first-order valence-electron chi connectivity index (χ1n) is 9.18. The Morgan fingerprint density at radius 3 is 2.37 bits per heavy atom. The lowest BCUT2D eigenvalue weighted by Crippen LogP contribution is -2.56. The standard InChI is InChI=1S/C16H33N5O3S2.HI/c1-16(2,20-5-9-24-10-6-20)14-19-15(17-3)18-4-13-26(22,23)21-7-11-25-12-8-21;/h4-14H2,1-3H3,(H2,17,18,19);1H. The van der Waals surface area contributed by atoms with Gasteiger partial charge in [0.05, 0.1) is 19.0 Å². The van der Waals surface area contributed by atoms with Crippen molar-refractivity contribution in [3.05, 3.63) is 0 Å². The molecule has 27 heavy (non-hydrogen) atoms. The van der Waals surface area contributed by atoms with Gasteiger partial charge in [-0.05, 0) is 13.8 Å². The van der Waals surface area contributed by atoms with Crippen LogP contribution in [0.25, 0.3) is 0 Å². The maximum atomic E-state index is 12.4. The summed E-state index contributed by atoms with van der Waals surface area (Å²) in [6.45, 7) is 10.1. The first kappa shape index (κ1) is 25.2. The Hall–Kier alpha value is 0.180. The van der Waals surface area contributed by atoms with E-state index in [1.807, 2.05) is 0 Å². The number of nitrogens with zero attached hydrogens (tertiary/aromatic N) is 3. The monoisotopic (exact) mass is 535 g/mol. The molecular weight excluding hydrogens is 501 g/mol. The van der Waals surface area contributed by atoms with Crippen molar-refractivity contribution in [3.63, 3.8) is 0 Å². The van der Waals surface area contributed by atoms with Gasteiger partial charge in [-0.15, -0.1) is 24.0 Å². The quantitative estimate of drug-likeness (QED) is 0.275. The second-order valence-electron chi connectivity index (χ2n) is 7.09. The van der Waals surface area contributed by atoms with Gasteiger partial charge in [0.25, 0.3) is 0 Å². The molecule has 2 heterocycles. The van der Waals surface area contributed by atoms with Gasteiger partial charge in [-0.2, -0.15) is 11.8 Å². The van der Waals surface area contributed by atoms with Gasteiger partial charge in [0, 0.05) is 63.4 Å². The van der Waals surface area contributed by atoms with Gasteiger partial charge in [-0.25, -0.2) is 12.7 Å². The zero-order chi connectivity index (χ0) is 19.0. The molecule has 160 valence electrons. The first-order chi connectivity index (χ1) is 12.3. The lowest BCUT2D eigenvalue weighted by atomic mass is 10.0.